The zero-order valence-electron chi connectivity index (χ0n) is 11.9. The molecule has 2 saturated heterocycles. The van der Waals surface area contributed by atoms with Crippen LogP contribution in [0.5, 0.6) is 0 Å². The fourth-order valence-electron chi connectivity index (χ4n) is 2.87. The van der Waals surface area contributed by atoms with Gasteiger partial charge in [-0.2, -0.15) is 5.26 Å². The highest BCUT2D eigenvalue weighted by atomic mass is 16.5. The number of ether oxygens (including phenoxy) is 1. The van der Waals surface area contributed by atoms with Gasteiger partial charge in [-0.15, -0.1) is 0 Å². The molecule has 1 aromatic heterocycles. The van der Waals surface area contributed by atoms with Crippen molar-refractivity contribution in [3.8, 4) is 6.07 Å². The maximum Gasteiger partial charge on any atom is 0.227 e. The van der Waals surface area contributed by atoms with Gasteiger partial charge in [-0.3, -0.25) is 4.79 Å². The fourth-order valence-corrected chi connectivity index (χ4v) is 2.87. The lowest BCUT2D eigenvalue weighted by atomic mass is 10.1. The number of aromatic nitrogens is 1. The number of carbonyl (C=O) groups excluding carboxylic acids is 1. The second-order valence-electron chi connectivity index (χ2n) is 5.36. The quantitative estimate of drug-likeness (QED) is 0.798. The van der Waals surface area contributed by atoms with Crippen LogP contribution in [0.4, 0.5) is 5.82 Å². The van der Waals surface area contributed by atoms with E-state index in [1.165, 1.54) is 0 Å². The first-order chi connectivity index (χ1) is 10.3. The molecule has 3 rings (SSSR count). The molecule has 3 heterocycles. The molecule has 1 aromatic rings. The Labute approximate surface area is 123 Å². The summed E-state index contributed by atoms with van der Waals surface area (Å²) in [5, 5.41) is 8.91. The number of nitrogens with zero attached hydrogens (tertiary/aromatic N) is 4. The first kappa shape index (κ1) is 13.8. The number of anilines is 1. The first-order valence-electron chi connectivity index (χ1n) is 7.26. The molecule has 2 aliphatic heterocycles. The van der Waals surface area contributed by atoms with Crippen molar-refractivity contribution in [1.82, 2.24) is 9.88 Å². The third kappa shape index (κ3) is 2.98. The Hall–Kier alpha value is -2.13. The van der Waals surface area contributed by atoms with Gasteiger partial charge in [0.2, 0.25) is 5.91 Å². The van der Waals surface area contributed by atoms with Crippen LogP contribution in [0.3, 0.4) is 0 Å². The number of amides is 1. The van der Waals surface area contributed by atoms with E-state index in [1.54, 1.807) is 6.07 Å². The van der Waals surface area contributed by atoms with Crippen molar-refractivity contribution in [2.24, 2.45) is 5.92 Å². The molecule has 21 heavy (non-hydrogen) atoms. The number of pyridine rings is 1. The van der Waals surface area contributed by atoms with Crippen molar-refractivity contribution in [2.75, 3.05) is 44.3 Å². The van der Waals surface area contributed by atoms with Crippen LogP contribution >= 0.6 is 0 Å². The number of rotatable bonds is 2. The fraction of sp³-hybridized carbons (Fsp3) is 0.533. The van der Waals surface area contributed by atoms with Crippen molar-refractivity contribution in [3.05, 3.63) is 23.9 Å². The van der Waals surface area contributed by atoms with E-state index >= 15 is 0 Å². The van der Waals surface area contributed by atoms with Crippen molar-refractivity contribution in [2.45, 2.75) is 6.42 Å². The van der Waals surface area contributed by atoms with Gasteiger partial charge >= 0.3 is 0 Å². The van der Waals surface area contributed by atoms with Crippen molar-refractivity contribution in [1.29, 1.82) is 5.26 Å². The Morgan fingerprint density at radius 3 is 2.90 bits per heavy atom. The SMILES string of the molecule is N#Cc1cccc(N2CCC(C(=O)N3CCOCC3)C2)n1. The molecule has 6 heteroatoms. The molecule has 1 amide bonds. The second kappa shape index (κ2) is 6.10. The lowest BCUT2D eigenvalue weighted by Gasteiger charge is -2.29. The lowest BCUT2D eigenvalue weighted by Crippen LogP contribution is -2.44. The van der Waals surface area contributed by atoms with E-state index in [0.717, 1.165) is 18.8 Å². The van der Waals surface area contributed by atoms with Gasteiger partial charge in [0.25, 0.3) is 0 Å². The first-order valence-corrected chi connectivity index (χ1v) is 7.26. The van der Waals surface area contributed by atoms with E-state index in [0.29, 0.717) is 38.5 Å². The largest absolute Gasteiger partial charge is 0.378 e. The van der Waals surface area contributed by atoms with Crippen LogP contribution in [-0.2, 0) is 9.53 Å². The summed E-state index contributed by atoms with van der Waals surface area (Å²) in [6.45, 7) is 4.14. The molecule has 0 spiro atoms. The van der Waals surface area contributed by atoms with E-state index in [9.17, 15) is 4.79 Å². The summed E-state index contributed by atoms with van der Waals surface area (Å²) in [6.07, 6.45) is 0.842. The minimum Gasteiger partial charge on any atom is -0.378 e. The number of hydrogen-bond acceptors (Lipinski definition) is 5. The summed E-state index contributed by atoms with van der Waals surface area (Å²) < 4.78 is 5.28. The van der Waals surface area contributed by atoms with E-state index in [-0.39, 0.29) is 11.8 Å². The summed E-state index contributed by atoms with van der Waals surface area (Å²) in [4.78, 5) is 20.8. The highest BCUT2D eigenvalue weighted by Crippen LogP contribution is 2.24. The smallest absolute Gasteiger partial charge is 0.227 e. The summed E-state index contributed by atoms with van der Waals surface area (Å²) >= 11 is 0. The molecular formula is C15H18N4O2. The molecule has 110 valence electrons. The molecular weight excluding hydrogens is 268 g/mol. The zero-order chi connectivity index (χ0) is 14.7. The maximum atomic E-state index is 12.5. The highest BCUT2D eigenvalue weighted by Gasteiger charge is 2.32. The summed E-state index contributed by atoms with van der Waals surface area (Å²) in [7, 11) is 0. The molecule has 6 nitrogen and oxygen atoms in total. The minimum absolute atomic E-state index is 0.0237. The number of hydrogen-bond donors (Lipinski definition) is 0. The Morgan fingerprint density at radius 1 is 1.33 bits per heavy atom. The van der Waals surface area contributed by atoms with Crippen LogP contribution in [0.2, 0.25) is 0 Å². The van der Waals surface area contributed by atoms with E-state index in [2.05, 4.69) is 9.88 Å². The molecule has 0 saturated carbocycles. The van der Waals surface area contributed by atoms with Crippen molar-refractivity contribution in [3.63, 3.8) is 0 Å². The normalized spacial score (nSPS) is 22.1. The van der Waals surface area contributed by atoms with Crippen molar-refractivity contribution >= 4 is 11.7 Å². The molecule has 0 radical (unpaired) electrons. The van der Waals surface area contributed by atoms with Gasteiger partial charge < -0.3 is 14.5 Å². The molecule has 1 unspecified atom stereocenters. The third-order valence-corrected chi connectivity index (χ3v) is 4.03. The number of nitriles is 1. The van der Waals surface area contributed by atoms with Crippen molar-refractivity contribution < 1.29 is 9.53 Å². The van der Waals surface area contributed by atoms with Crippen LogP contribution in [0, 0.1) is 17.2 Å². The maximum absolute atomic E-state index is 12.5. The summed E-state index contributed by atoms with van der Waals surface area (Å²) in [5.74, 6) is 1.03. The van der Waals surface area contributed by atoms with Crippen LogP contribution in [0.25, 0.3) is 0 Å². The van der Waals surface area contributed by atoms with Crippen LogP contribution in [0.1, 0.15) is 12.1 Å². The predicted octanol–water partition coefficient (Wildman–Crippen LogP) is 0.638. The van der Waals surface area contributed by atoms with Gasteiger partial charge in [0.1, 0.15) is 17.6 Å². The van der Waals surface area contributed by atoms with Gasteiger partial charge in [0.15, 0.2) is 0 Å². The molecule has 0 bridgehead atoms. The topological polar surface area (TPSA) is 69.5 Å². The summed E-state index contributed by atoms with van der Waals surface area (Å²) in [5.41, 5.74) is 0.412. The molecule has 2 aliphatic rings. The number of morpholine rings is 1. The molecule has 0 N–H and O–H groups in total. The van der Waals surface area contributed by atoms with Crippen LogP contribution < -0.4 is 4.90 Å². The van der Waals surface area contributed by atoms with E-state index in [1.807, 2.05) is 23.1 Å². The average Bonchev–Trinajstić information content (AvgIpc) is 3.05. The van der Waals surface area contributed by atoms with Gasteiger partial charge in [-0.1, -0.05) is 6.07 Å². The minimum atomic E-state index is 0.0237. The molecule has 0 aliphatic carbocycles. The molecule has 2 fully saturated rings. The Kier molecular flexibility index (Phi) is 4.02. The predicted molar refractivity (Wildman–Crippen MR) is 76.7 cm³/mol. The molecule has 1 atom stereocenters. The average molecular weight is 286 g/mol. The van der Waals surface area contributed by atoms with Crippen LogP contribution in [-0.4, -0.2) is 55.2 Å². The lowest BCUT2D eigenvalue weighted by molar-refractivity contribution is -0.138. The van der Waals surface area contributed by atoms with Crippen LogP contribution in [0.15, 0.2) is 18.2 Å². The summed E-state index contributed by atoms with van der Waals surface area (Å²) in [6, 6.07) is 7.46. The number of carbonyl (C=O) groups is 1. The standard InChI is InChI=1S/C15H18N4O2/c16-10-13-2-1-3-14(17-13)19-5-4-12(11-19)15(20)18-6-8-21-9-7-18/h1-3,12H,4-9,11H2. The molecule has 0 aromatic carbocycles. The highest BCUT2D eigenvalue weighted by molar-refractivity contribution is 5.80. The third-order valence-electron chi connectivity index (χ3n) is 4.03. The zero-order valence-corrected chi connectivity index (χ0v) is 11.9. The van der Waals surface area contributed by atoms with Gasteiger partial charge in [0.05, 0.1) is 19.1 Å². The van der Waals surface area contributed by atoms with Gasteiger partial charge in [0, 0.05) is 26.2 Å². The van der Waals surface area contributed by atoms with E-state index in [4.69, 9.17) is 10.00 Å². The van der Waals surface area contributed by atoms with E-state index < -0.39 is 0 Å². The Balaban J connectivity index is 1.64. The monoisotopic (exact) mass is 286 g/mol. The Bertz CT molecular complexity index is 563. The van der Waals surface area contributed by atoms with Gasteiger partial charge in [-0.25, -0.2) is 4.98 Å². The van der Waals surface area contributed by atoms with Gasteiger partial charge in [-0.05, 0) is 18.6 Å². The second-order valence-corrected chi connectivity index (χ2v) is 5.36. The Morgan fingerprint density at radius 2 is 2.14 bits per heavy atom.